The van der Waals surface area contributed by atoms with E-state index in [1.54, 1.807) is 0 Å². The summed E-state index contributed by atoms with van der Waals surface area (Å²) in [6.07, 6.45) is 11.0. The largest absolute Gasteiger partial charge is 0.360 e. The van der Waals surface area contributed by atoms with E-state index in [0.29, 0.717) is 6.04 Å². The third kappa shape index (κ3) is 3.75. The van der Waals surface area contributed by atoms with Crippen LogP contribution in [0.5, 0.6) is 0 Å². The van der Waals surface area contributed by atoms with Gasteiger partial charge in [-0.1, -0.05) is 51.7 Å². The average molecular weight is 296 g/mol. The molecule has 1 saturated carbocycles. The summed E-state index contributed by atoms with van der Waals surface area (Å²) >= 11 is 5.67. The van der Waals surface area contributed by atoms with Gasteiger partial charge in [0.25, 0.3) is 0 Å². The Morgan fingerprint density at radius 2 is 1.60 bits per heavy atom. The lowest BCUT2D eigenvalue weighted by Crippen LogP contribution is -2.51. The van der Waals surface area contributed by atoms with Crippen LogP contribution in [0.2, 0.25) is 0 Å². The van der Waals surface area contributed by atoms with E-state index in [1.807, 2.05) is 0 Å². The molecule has 0 spiro atoms. The number of likely N-dealkylation sites (tertiary alicyclic amines) is 1. The van der Waals surface area contributed by atoms with E-state index in [1.165, 1.54) is 49.9 Å². The summed E-state index contributed by atoms with van der Waals surface area (Å²) in [5.41, 5.74) is 0. The zero-order valence-corrected chi connectivity index (χ0v) is 14.7. The van der Waals surface area contributed by atoms with Crippen LogP contribution in [0.25, 0.3) is 0 Å². The van der Waals surface area contributed by atoms with Gasteiger partial charge in [-0.2, -0.15) is 0 Å². The van der Waals surface area contributed by atoms with Gasteiger partial charge in [0.1, 0.15) is 0 Å². The normalized spacial score (nSPS) is 32.8. The van der Waals surface area contributed by atoms with Crippen molar-refractivity contribution in [2.45, 2.75) is 91.1 Å². The van der Waals surface area contributed by atoms with Gasteiger partial charge in [0.2, 0.25) is 0 Å². The van der Waals surface area contributed by atoms with Crippen molar-refractivity contribution in [3.63, 3.8) is 0 Å². The number of hydrogen-bond donors (Lipinski definition) is 0. The van der Waals surface area contributed by atoms with Gasteiger partial charge in [0, 0.05) is 12.1 Å². The molecule has 1 nitrogen and oxygen atoms in total. The molecule has 2 aliphatic rings. The first-order valence-corrected chi connectivity index (χ1v) is 9.22. The van der Waals surface area contributed by atoms with Gasteiger partial charge in [-0.3, -0.25) is 0 Å². The van der Waals surface area contributed by atoms with Gasteiger partial charge in [0.05, 0.1) is 4.99 Å². The average Bonchev–Trinajstić information content (AvgIpc) is 2.47. The highest BCUT2D eigenvalue weighted by molar-refractivity contribution is 7.80. The van der Waals surface area contributed by atoms with Crippen LogP contribution < -0.4 is 0 Å². The van der Waals surface area contributed by atoms with Crippen molar-refractivity contribution >= 4 is 17.2 Å². The molecular weight excluding hydrogens is 262 g/mol. The van der Waals surface area contributed by atoms with Gasteiger partial charge in [-0.15, -0.1) is 0 Å². The molecule has 0 radical (unpaired) electrons. The Morgan fingerprint density at radius 3 is 2.20 bits per heavy atom. The first kappa shape index (κ1) is 16.3. The van der Waals surface area contributed by atoms with Crippen molar-refractivity contribution in [3.8, 4) is 0 Å². The third-order valence-corrected chi connectivity index (χ3v) is 6.06. The van der Waals surface area contributed by atoms with Crippen molar-refractivity contribution < 1.29 is 0 Å². The van der Waals surface area contributed by atoms with Gasteiger partial charge in [0.15, 0.2) is 0 Å². The van der Waals surface area contributed by atoms with Crippen LogP contribution in [0, 0.1) is 17.8 Å². The molecule has 2 fully saturated rings. The molecule has 1 aliphatic carbocycles. The Balaban J connectivity index is 2.07. The highest BCUT2D eigenvalue weighted by Gasteiger charge is 2.35. The first-order chi connectivity index (χ1) is 9.50. The Morgan fingerprint density at radius 1 is 0.950 bits per heavy atom. The van der Waals surface area contributed by atoms with E-state index in [0.717, 1.165) is 30.2 Å². The van der Waals surface area contributed by atoms with Gasteiger partial charge < -0.3 is 4.90 Å². The standard InChI is InChI=1S/C18H33NS/c1-13(2)15-7-5-9-16-11-12-18(20)19(14(3)4)17(16)10-6-8-15/h13-17H,5-12H2,1-4H3. The van der Waals surface area contributed by atoms with Crippen molar-refractivity contribution in [1.82, 2.24) is 4.90 Å². The number of nitrogens with zero attached hydrogens (tertiary/aromatic N) is 1. The summed E-state index contributed by atoms with van der Waals surface area (Å²) in [6.45, 7) is 9.45. The lowest BCUT2D eigenvalue weighted by molar-refractivity contribution is 0.144. The van der Waals surface area contributed by atoms with Crippen LogP contribution in [-0.4, -0.2) is 22.0 Å². The fourth-order valence-electron chi connectivity index (χ4n) is 4.47. The Hall–Kier alpha value is -0.110. The minimum absolute atomic E-state index is 0.581. The summed E-state index contributed by atoms with van der Waals surface area (Å²) in [7, 11) is 0. The molecular formula is C18H33NS. The summed E-state index contributed by atoms with van der Waals surface area (Å²) in [5, 5.41) is 0. The second-order valence-electron chi connectivity index (χ2n) is 7.63. The van der Waals surface area contributed by atoms with E-state index in [4.69, 9.17) is 12.2 Å². The van der Waals surface area contributed by atoms with Gasteiger partial charge in [-0.05, 0) is 57.3 Å². The van der Waals surface area contributed by atoms with E-state index >= 15 is 0 Å². The number of rotatable bonds is 2. The zero-order valence-electron chi connectivity index (χ0n) is 13.9. The molecule has 0 bridgehead atoms. The molecule has 2 heteroatoms. The molecule has 0 aromatic rings. The van der Waals surface area contributed by atoms with Gasteiger partial charge in [-0.25, -0.2) is 0 Å². The van der Waals surface area contributed by atoms with E-state index < -0.39 is 0 Å². The zero-order chi connectivity index (χ0) is 14.7. The minimum atomic E-state index is 0.581. The Labute approximate surface area is 131 Å². The fraction of sp³-hybridized carbons (Fsp3) is 0.944. The monoisotopic (exact) mass is 295 g/mol. The van der Waals surface area contributed by atoms with E-state index in [9.17, 15) is 0 Å². The molecule has 0 amide bonds. The molecule has 3 atom stereocenters. The molecule has 20 heavy (non-hydrogen) atoms. The maximum Gasteiger partial charge on any atom is 0.0784 e. The number of hydrogen-bond acceptors (Lipinski definition) is 1. The topological polar surface area (TPSA) is 3.24 Å². The van der Waals surface area contributed by atoms with Crippen LogP contribution >= 0.6 is 12.2 Å². The van der Waals surface area contributed by atoms with Crippen molar-refractivity contribution in [3.05, 3.63) is 0 Å². The predicted molar refractivity (Wildman–Crippen MR) is 92.1 cm³/mol. The van der Waals surface area contributed by atoms with Crippen LogP contribution in [-0.2, 0) is 0 Å². The summed E-state index contributed by atoms with van der Waals surface area (Å²) < 4.78 is 0. The highest BCUT2D eigenvalue weighted by Crippen LogP contribution is 2.37. The number of piperidine rings is 1. The maximum atomic E-state index is 5.67. The Bertz CT molecular complexity index is 323. The molecule has 0 aromatic heterocycles. The summed E-state index contributed by atoms with van der Waals surface area (Å²) in [6, 6.07) is 1.32. The lowest BCUT2D eigenvalue weighted by Gasteiger charge is -2.45. The minimum Gasteiger partial charge on any atom is -0.360 e. The summed E-state index contributed by atoms with van der Waals surface area (Å²) in [4.78, 5) is 3.83. The third-order valence-electron chi connectivity index (χ3n) is 5.64. The second-order valence-corrected chi connectivity index (χ2v) is 8.10. The number of fused-ring (bicyclic) bond motifs is 1. The quantitative estimate of drug-likeness (QED) is 0.625. The molecule has 1 aliphatic heterocycles. The van der Waals surface area contributed by atoms with Crippen LogP contribution in [0.1, 0.15) is 79.1 Å². The first-order valence-electron chi connectivity index (χ1n) is 8.81. The van der Waals surface area contributed by atoms with Crippen LogP contribution in [0.3, 0.4) is 0 Å². The second kappa shape index (κ2) is 7.24. The molecule has 0 aromatic carbocycles. The van der Waals surface area contributed by atoms with Crippen molar-refractivity contribution in [2.75, 3.05) is 0 Å². The smallest absolute Gasteiger partial charge is 0.0784 e. The van der Waals surface area contributed by atoms with E-state index in [2.05, 4.69) is 32.6 Å². The highest BCUT2D eigenvalue weighted by atomic mass is 32.1. The SMILES string of the molecule is CC(C)C1CCCC2CCC(=S)N(C(C)C)C2CCC1. The molecule has 3 unspecified atom stereocenters. The molecule has 1 saturated heterocycles. The van der Waals surface area contributed by atoms with Crippen LogP contribution in [0.15, 0.2) is 0 Å². The molecule has 116 valence electrons. The molecule has 2 rings (SSSR count). The number of thiocarbonyl (C=S) groups is 1. The summed E-state index contributed by atoms with van der Waals surface area (Å²) in [5.74, 6) is 2.71. The van der Waals surface area contributed by atoms with E-state index in [-0.39, 0.29) is 0 Å². The van der Waals surface area contributed by atoms with Crippen LogP contribution in [0.4, 0.5) is 0 Å². The fourth-order valence-corrected chi connectivity index (χ4v) is 4.93. The molecule has 1 heterocycles. The van der Waals surface area contributed by atoms with Crippen molar-refractivity contribution in [1.29, 1.82) is 0 Å². The van der Waals surface area contributed by atoms with Gasteiger partial charge >= 0.3 is 0 Å². The van der Waals surface area contributed by atoms with Crippen molar-refractivity contribution in [2.24, 2.45) is 17.8 Å². The molecule has 0 N–H and O–H groups in total. The maximum absolute atomic E-state index is 5.67. The lowest BCUT2D eigenvalue weighted by atomic mass is 9.82. The predicted octanol–water partition coefficient (Wildman–Crippen LogP) is 5.43. The Kier molecular flexibility index (Phi) is 5.89.